The molecular formula is C12H14OS. The molecule has 1 rings (SSSR count). The maximum Gasteiger partial charge on any atom is 0.150 e. The molecule has 0 unspecified atom stereocenters. The first kappa shape index (κ1) is 11.1. The highest BCUT2D eigenvalue weighted by Gasteiger charge is 1.99. The van der Waals surface area contributed by atoms with Gasteiger partial charge in [0.2, 0.25) is 0 Å². The van der Waals surface area contributed by atoms with Crippen LogP contribution >= 0.6 is 11.8 Å². The fraction of sp³-hybridized carbons (Fsp3) is 0.250. The summed E-state index contributed by atoms with van der Waals surface area (Å²) in [6.45, 7) is 4.17. The van der Waals surface area contributed by atoms with Gasteiger partial charge in [0.15, 0.2) is 0 Å². The molecule has 0 amide bonds. The van der Waals surface area contributed by atoms with E-state index in [-0.39, 0.29) is 0 Å². The van der Waals surface area contributed by atoms with E-state index in [9.17, 15) is 4.79 Å². The molecule has 1 aromatic rings. The summed E-state index contributed by atoms with van der Waals surface area (Å²) in [5, 5.41) is 0. The van der Waals surface area contributed by atoms with Crippen molar-refractivity contribution in [1.82, 2.24) is 0 Å². The van der Waals surface area contributed by atoms with Crippen LogP contribution in [0.5, 0.6) is 0 Å². The molecule has 74 valence electrons. The third-order valence-electron chi connectivity index (χ3n) is 1.89. The number of carbonyl (C=O) groups excluding carboxylic acids is 1. The maximum absolute atomic E-state index is 10.5. The molecule has 0 bridgehead atoms. The highest BCUT2D eigenvalue weighted by molar-refractivity contribution is 8.08. The van der Waals surface area contributed by atoms with Crippen molar-refractivity contribution in [2.24, 2.45) is 0 Å². The number of allylic oxidation sites excluding steroid dienone is 1. The quantitative estimate of drug-likeness (QED) is 0.700. The second kappa shape index (κ2) is 5.66. The summed E-state index contributed by atoms with van der Waals surface area (Å²) in [5.41, 5.74) is 1.91. The number of carbonyl (C=O) groups is 1. The second-order valence-corrected chi connectivity index (χ2v) is 4.13. The van der Waals surface area contributed by atoms with Crippen molar-refractivity contribution >= 4 is 23.0 Å². The van der Waals surface area contributed by atoms with Gasteiger partial charge in [0.25, 0.3) is 0 Å². The van der Waals surface area contributed by atoms with Gasteiger partial charge in [-0.25, -0.2) is 0 Å². The van der Waals surface area contributed by atoms with Gasteiger partial charge in [0.1, 0.15) is 6.29 Å². The van der Waals surface area contributed by atoms with E-state index in [0.29, 0.717) is 0 Å². The van der Waals surface area contributed by atoms with E-state index >= 15 is 0 Å². The van der Waals surface area contributed by atoms with Crippen molar-refractivity contribution < 1.29 is 4.79 Å². The molecule has 0 aliphatic rings. The van der Waals surface area contributed by atoms with Crippen LogP contribution in [0.4, 0.5) is 0 Å². The summed E-state index contributed by atoms with van der Waals surface area (Å²) >= 11 is 1.82. The van der Waals surface area contributed by atoms with Gasteiger partial charge in [-0.05, 0) is 18.2 Å². The molecule has 2 heteroatoms. The van der Waals surface area contributed by atoms with Gasteiger partial charge in [-0.3, -0.25) is 4.79 Å². The van der Waals surface area contributed by atoms with Crippen LogP contribution in [0.2, 0.25) is 0 Å². The smallest absolute Gasteiger partial charge is 0.150 e. The Morgan fingerprint density at radius 3 is 2.43 bits per heavy atom. The SMILES string of the molecule is C/C=C(\SCC)c1ccc(C=O)cc1. The van der Waals surface area contributed by atoms with Gasteiger partial charge >= 0.3 is 0 Å². The lowest BCUT2D eigenvalue weighted by Gasteiger charge is -2.04. The third-order valence-corrected chi connectivity index (χ3v) is 2.96. The van der Waals surface area contributed by atoms with Crippen molar-refractivity contribution in [3.8, 4) is 0 Å². The molecule has 0 fully saturated rings. The monoisotopic (exact) mass is 206 g/mol. The molecule has 0 N–H and O–H groups in total. The normalized spacial score (nSPS) is 11.4. The van der Waals surface area contributed by atoms with Gasteiger partial charge in [-0.1, -0.05) is 37.3 Å². The van der Waals surface area contributed by atoms with Crippen LogP contribution in [0.3, 0.4) is 0 Å². The average Bonchev–Trinajstić information content (AvgIpc) is 2.26. The predicted molar refractivity (Wildman–Crippen MR) is 63.6 cm³/mol. The first-order chi connectivity index (χ1) is 6.81. The van der Waals surface area contributed by atoms with Crippen LogP contribution in [0.25, 0.3) is 4.91 Å². The fourth-order valence-electron chi connectivity index (χ4n) is 1.21. The number of thioether (sulfide) groups is 1. The zero-order valence-corrected chi connectivity index (χ0v) is 9.30. The van der Waals surface area contributed by atoms with E-state index in [0.717, 1.165) is 17.6 Å². The summed E-state index contributed by atoms with van der Waals surface area (Å²) in [7, 11) is 0. The van der Waals surface area contributed by atoms with Crippen molar-refractivity contribution in [3.05, 3.63) is 41.5 Å². The first-order valence-corrected chi connectivity index (χ1v) is 5.65. The third kappa shape index (κ3) is 2.74. The Morgan fingerprint density at radius 1 is 1.36 bits per heavy atom. The molecule has 0 aliphatic carbocycles. The van der Waals surface area contributed by atoms with E-state index < -0.39 is 0 Å². The van der Waals surface area contributed by atoms with Crippen LogP contribution in [-0.4, -0.2) is 12.0 Å². The number of hydrogen-bond acceptors (Lipinski definition) is 2. The summed E-state index contributed by atoms with van der Waals surface area (Å²) in [6.07, 6.45) is 2.97. The first-order valence-electron chi connectivity index (χ1n) is 4.66. The second-order valence-electron chi connectivity index (χ2n) is 2.83. The predicted octanol–water partition coefficient (Wildman–Crippen LogP) is 3.61. The van der Waals surface area contributed by atoms with E-state index in [1.807, 2.05) is 43.0 Å². The lowest BCUT2D eigenvalue weighted by atomic mass is 10.1. The van der Waals surface area contributed by atoms with E-state index in [1.54, 1.807) is 0 Å². The molecule has 0 radical (unpaired) electrons. The number of hydrogen-bond donors (Lipinski definition) is 0. The Morgan fingerprint density at radius 2 is 2.00 bits per heavy atom. The molecular weight excluding hydrogens is 192 g/mol. The molecule has 0 atom stereocenters. The number of aldehydes is 1. The van der Waals surface area contributed by atoms with Gasteiger partial charge in [0.05, 0.1) is 0 Å². The summed E-state index contributed by atoms with van der Waals surface area (Å²) in [5.74, 6) is 1.06. The summed E-state index contributed by atoms with van der Waals surface area (Å²) in [4.78, 5) is 11.7. The molecule has 0 spiro atoms. The molecule has 1 aromatic carbocycles. The zero-order chi connectivity index (χ0) is 10.4. The van der Waals surface area contributed by atoms with Crippen LogP contribution < -0.4 is 0 Å². The summed E-state index contributed by atoms with van der Waals surface area (Å²) < 4.78 is 0. The molecule has 0 saturated carbocycles. The Kier molecular flexibility index (Phi) is 4.47. The lowest BCUT2D eigenvalue weighted by molar-refractivity contribution is 0.112. The maximum atomic E-state index is 10.5. The highest BCUT2D eigenvalue weighted by Crippen LogP contribution is 2.26. The zero-order valence-electron chi connectivity index (χ0n) is 8.49. The fourth-order valence-corrected chi connectivity index (χ4v) is 2.00. The Labute approximate surface area is 89.2 Å². The van der Waals surface area contributed by atoms with Gasteiger partial charge < -0.3 is 0 Å². The van der Waals surface area contributed by atoms with Crippen molar-refractivity contribution in [3.63, 3.8) is 0 Å². The van der Waals surface area contributed by atoms with Gasteiger partial charge in [0, 0.05) is 10.5 Å². The van der Waals surface area contributed by atoms with Crippen LogP contribution in [0, 0.1) is 0 Å². The van der Waals surface area contributed by atoms with Crippen molar-refractivity contribution in [2.75, 3.05) is 5.75 Å². The summed E-state index contributed by atoms with van der Waals surface area (Å²) in [6, 6.07) is 7.67. The van der Waals surface area contributed by atoms with Crippen LogP contribution in [0.15, 0.2) is 30.3 Å². The molecule has 0 aromatic heterocycles. The van der Waals surface area contributed by atoms with Crippen LogP contribution in [-0.2, 0) is 0 Å². The van der Waals surface area contributed by atoms with E-state index in [4.69, 9.17) is 0 Å². The van der Waals surface area contributed by atoms with E-state index in [2.05, 4.69) is 13.0 Å². The molecule has 0 aliphatic heterocycles. The average molecular weight is 206 g/mol. The van der Waals surface area contributed by atoms with E-state index in [1.165, 1.54) is 10.5 Å². The standard InChI is InChI=1S/C12H14OS/c1-3-12(14-4-2)11-7-5-10(9-13)6-8-11/h3,5-9H,4H2,1-2H3/b12-3-. The molecule has 1 nitrogen and oxygen atoms in total. The van der Waals surface area contributed by atoms with Gasteiger partial charge in [-0.2, -0.15) is 0 Å². The minimum absolute atomic E-state index is 0.728. The Hall–Kier alpha value is -1.02. The van der Waals surface area contributed by atoms with Crippen molar-refractivity contribution in [2.45, 2.75) is 13.8 Å². The van der Waals surface area contributed by atoms with Gasteiger partial charge in [-0.15, -0.1) is 11.8 Å². The number of benzene rings is 1. The topological polar surface area (TPSA) is 17.1 Å². The number of rotatable bonds is 4. The molecule has 0 heterocycles. The molecule has 0 saturated heterocycles. The largest absolute Gasteiger partial charge is 0.298 e. The Balaban J connectivity index is 2.89. The molecule has 14 heavy (non-hydrogen) atoms. The minimum atomic E-state index is 0.728. The minimum Gasteiger partial charge on any atom is -0.298 e. The van der Waals surface area contributed by atoms with Crippen LogP contribution in [0.1, 0.15) is 29.8 Å². The van der Waals surface area contributed by atoms with Crippen molar-refractivity contribution in [1.29, 1.82) is 0 Å². The highest BCUT2D eigenvalue weighted by atomic mass is 32.2. The Bertz CT molecular complexity index is 325. The lowest BCUT2D eigenvalue weighted by Crippen LogP contribution is -1.83.